The first-order valence-electron chi connectivity index (χ1n) is 5.98. The van der Waals surface area contributed by atoms with E-state index in [1.54, 1.807) is 18.2 Å². The van der Waals surface area contributed by atoms with Crippen LogP contribution in [0.5, 0.6) is 5.75 Å². The summed E-state index contributed by atoms with van der Waals surface area (Å²) in [5, 5.41) is 11.9. The van der Waals surface area contributed by atoms with Gasteiger partial charge in [-0.15, -0.1) is 0 Å². The highest BCUT2D eigenvalue weighted by Crippen LogP contribution is 2.27. The van der Waals surface area contributed by atoms with Crippen LogP contribution in [0.3, 0.4) is 0 Å². The topological polar surface area (TPSA) is 58.6 Å². The van der Waals surface area contributed by atoms with Gasteiger partial charge in [-0.1, -0.05) is 24.5 Å². The van der Waals surface area contributed by atoms with Crippen LogP contribution in [0, 0.1) is 0 Å². The van der Waals surface area contributed by atoms with Crippen molar-refractivity contribution in [2.24, 2.45) is 0 Å². The molecule has 0 saturated carbocycles. The van der Waals surface area contributed by atoms with Crippen molar-refractivity contribution >= 4 is 39.6 Å². The molecule has 0 radical (unpaired) electrons. The summed E-state index contributed by atoms with van der Waals surface area (Å²) in [7, 11) is 0. The molecule has 0 aromatic heterocycles. The molecule has 4 nitrogen and oxygen atoms in total. The zero-order valence-electron chi connectivity index (χ0n) is 11.0. The normalized spacial score (nSPS) is 14.1. The van der Waals surface area contributed by atoms with E-state index >= 15 is 0 Å². The highest BCUT2D eigenvalue weighted by molar-refractivity contribution is 14.2. The number of ether oxygens (including phenoxy) is 1. The predicted octanol–water partition coefficient (Wildman–Crippen LogP) is 2.76. The standard InChI is InChI=1S/C13H19INO3P/c1-9(2)18-13(17)11(15-19(3)14)8-10-6-4-5-7-12(10)16/h4-7,9,11,15-16,19H,3,8H2,1-2H3. The Hall–Kier alpha value is -0.520. The van der Waals surface area contributed by atoms with Crippen LogP contribution in [-0.4, -0.2) is 29.5 Å². The summed E-state index contributed by atoms with van der Waals surface area (Å²) in [6.45, 7) is 3.63. The van der Waals surface area contributed by atoms with Crippen molar-refractivity contribution in [3.05, 3.63) is 29.8 Å². The Labute approximate surface area is 127 Å². The summed E-state index contributed by atoms with van der Waals surface area (Å²) in [4.78, 5) is 12.0. The number of carbonyl (C=O) groups excluding carboxylic acids is 1. The molecule has 0 spiro atoms. The number of phenolic OH excluding ortho intramolecular Hbond substituents is 1. The van der Waals surface area contributed by atoms with Gasteiger partial charge in [-0.05, 0) is 52.9 Å². The smallest absolute Gasteiger partial charge is 0.324 e. The van der Waals surface area contributed by atoms with Crippen LogP contribution in [0.15, 0.2) is 24.3 Å². The van der Waals surface area contributed by atoms with E-state index in [9.17, 15) is 9.90 Å². The Balaban J connectivity index is 2.83. The first-order valence-corrected chi connectivity index (χ1v) is 10.8. The van der Waals surface area contributed by atoms with E-state index in [2.05, 4.69) is 33.4 Å². The molecule has 1 aromatic rings. The summed E-state index contributed by atoms with van der Waals surface area (Å²) in [6.07, 6.45) is 4.15. The fraction of sp³-hybridized carbons (Fsp3) is 0.385. The fourth-order valence-electron chi connectivity index (χ4n) is 1.60. The van der Waals surface area contributed by atoms with E-state index < -0.39 is 11.4 Å². The number of hydrogen-bond donors (Lipinski definition) is 2. The van der Waals surface area contributed by atoms with E-state index in [0.717, 1.165) is 5.56 Å². The van der Waals surface area contributed by atoms with E-state index in [-0.39, 0.29) is 17.8 Å². The fourth-order valence-corrected chi connectivity index (χ4v) is 3.33. The summed E-state index contributed by atoms with van der Waals surface area (Å²) < 4.78 is 5.23. The van der Waals surface area contributed by atoms with Crippen molar-refractivity contribution < 1.29 is 14.6 Å². The van der Waals surface area contributed by atoms with Crippen molar-refractivity contribution in [2.75, 3.05) is 0 Å². The largest absolute Gasteiger partial charge is 0.508 e. The molecule has 1 aromatic carbocycles. The Morgan fingerprint density at radius 2 is 2.16 bits per heavy atom. The molecule has 0 bridgehead atoms. The zero-order chi connectivity index (χ0) is 14.4. The molecule has 0 aliphatic rings. The lowest BCUT2D eigenvalue weighted by atomic mass is 10.1. The minimum absolute atomic E-state index is 0.157. The second-order valence-electron chi connectivity index (χ2n) is 4.42. The monoisotopic (exact) mass is 395 g/mol. The number of rotatable bonds is 6. The quantitative estimate of drug-likeness (QED) is 0.442. The van der Waals surface area contributed by atoms with E-state index in [1.807, 2.05) is 19.9 Å². The van der Waals surface area contributed by atoms with Gasteiger partial charge >= 0.3 is 5.97 Å². The Morgan fingerprint density at radius 3 is 2.68 bits per heavy atom. The maximum Gasteiger partial charge on any atom is 0.324 e. The third-order valence-electron chi connectivity index (χ3n) is 2.38. The maximum atomic E-state index is 12.0. The van der Waals surface area contributed by atoms with Crippen LogP contribution < -0.4 is 5.09 Å². The summed E-state index contributed by atoms with van der Waals surface area (Å²) in [6, 6.07) is 6.53. The molecule has 19 heavy (non-hydrogen) atoms. The Morgan fingerprint density at radius 1 is 1.53 bits per heavy atom. The maximum absolute atomic E-state index is 12.0. The number of hydrogen-bond acceptors (Lipinski definition) is 4. The van der Waals surface area contributed by atoms with E-state index in [0.29, 0.717) is 6.42 Å². The van der Waals surface area contributed by atoms with Crippen molar-refractivity contribution in [3.8, 4) is 5.75 Å². The van der Waals surface area contributed by atoms with Crippen LogP contribution in [-0.2, 0) is 16.0 Å². The molecule has 6 heteroatoms. The highest BCUT2D eigenvalue weighted by atomic mass is 127. The number of halogens is 1. The van der Waals surface area contributed by atoms with Gasteiger partial charge in [0.25, 0.3) is 0 Å². The number of phenols is 1. The van der Waals surface area contributed by atoms with Gasteiger partial charge in [0.15, 0.2) is 0 Å². The van der Waals surface area contributed by atoms with Crippen LogP contribution in [0.2, 0.25) is 0 Å². The highest BCUT2D eigenvalue weighted by Gasteiger charge is 2.22. The summed E-state index contributed by atoms with van der Waals surface area (Å²) >= 11 is 2.19. The molecule has 0 aliphatic carbocycles. The molecule has 2 unspecified atom stereocenters. The predicted molar refractivity (Wildman–Crippen MR) is 89.4 cm³/mol. The molecule has 1 rings (SSSR count). The van der Waals surface area contributed by atoms with Gasteiger partial charge in [0.1, 0.15) is 11.8 Å². The molecular formula is C13H19INO3P. The summed E-state index contributed by atoms with van der Waals surface area (Å²) in [5.74, 6) is -0.112. The number of esters is 1. The number of para-hydroxylation sites is 1. The van der Waals surface area contributed by atoms with Gasteiger partial charge in [0, 0.05) is 6.42 Å². The van der Waals surface area contributed by atoms with Gasteiger partial charge < -0.3 is 9.84 Å². The molecule has 106 valence electrons. The lowest BCUT2D eigenvalue weighted by Gasteiger charge is -2.19. The first-order chi connectivity index (χ1) is 8.90. The average molecular weight is 395 g/mol. The van der Waals surface area contributed by atoms with Crippen molar-refractivity contribution in [3.63, 3.8) is 0 Å². The van der Waals surface area contributed by atoms with Crippen LogP contribution >= 0.6 is 27.4 Å². The second kappa shape index (κ2) is 7.92. The third-order valence-corrected chi connectivity index (χ3v) is 3.98. The van der Waals surface area contributed by atoms with Crippen molar-refractivity contribution in [1.82, 2.24) is 5.09 Å². The molecule has 0 amide bonds. The molecule has 0 saturated heterocycles. The minimum Gasteiger partial charge on any atom is -0.508 e. The molecule has 2 N–H and O–H groups in total. The van der Waals surface area contributed by atoms with Gasteiger partial charge in [-0.25, -0.2) is 0 Å². The summed E-state index contributed by atoms with van der Waals surface area (Å²) in [5.41, 5.74) is 0.723. The first kappa shape index (κ1) is 16.5. The van der Waals surface area contributed by atoms with Crippen molar-refractivity contribution in [2.45, 2.75) is 32.4 Å². The van der Waals surface area contributed by atoms with Crippen LogP contribution in [0.1, 0.15) is 19.4 Å². The van der Waals surface area contributed by atoms with Crippen LogP contribution in [0.4, 0.5) is 0 Å². The van der Waals surface area contributed by atoms with E-state index in [4.69, 9.17) is 4.74 Å². The van der Waals surface area contributed by atoms with Crippen molar-refractivity contribution in [1.29, 1.82) is 0 Å². The SMILES string of the molecule is C=[PH](I)NC(Cc1ccccc1O)C(=O)OC(C)C. The van der Waals surface area contributed by atoms with Crippen LogP contribution in [0.25, 0.3) is 0 Å². The molecular weight excluding hydrogens is 376 g/mol. The van der Waals surface area contributed by atoms with Gasteiger partial charge in [0.2, 0.25) is 0 Å². The minimum atomic E-state index is -1.06. The Bertz CT molecular complexity index is 465. The zero-order valence-corrected chi connectivity index (χ0v) is 14.2. The lowest BCUT2D eigenvalue weighted by Crippen LogP contribution is -2.36. The number of benzene rings is 1. The van der Waals surface area contributed by atoms with E-state index in [1.165, 1.54) is 0 Å². The number of carbonyl (C=O) groups is 1. The number of aromatic hydroxyl groups is 1. The molecule has 0 heterocycles. The molecule has 2 atom stereocenters. The number of nitrogens with one attached hydrogen (secondary N) is 1. The van der Waals surface area contributed by atoms with Gasteiger partial charge in [0.05, 0.1) is 6.10 Å². The third kappa shape index (κ3) is 5.97. The Kier molecular flexibility index (Phi) is 6.89. The average Bonchev–Trinajstić information content (AvgIpc) is 2.29. The van der Waals surface area contributed by atoms with Gasteiger partial charge in [-0.2, -0.15) is 0 Å². The molecule has 0 aliphatic heterocycles. The molecule has 0 fully saturated rings. The second-order valence-corrected chi connectivity index (χ2v) is 9.43. The van der Waals surface area contributed by atoms with Gasteiger partial charge in [-0.3, -0.25) is 9.88 Å². The lowest BCUT2D eigenvalue weighted by molar-refractivity contribution is -0.149.